The lowest BCUT2D eigenvalue weighted by atomic mass is 9.76. The van der Waals surface area contributed by atoms with Gasteiger partial charge in [0.05, 0.1) is 0 Å². The summed E-state index contributed by atoms with van der Waals surface area (Å²) in [6.45, 7) is 8.42. The largest absolute Gasteiger partial charge is 0.508 e. The third-order valence-corrected chi connectivity index (χ3v) is 5.69. The highest BCUT2D eigenvalue weighted by molar-refractivity contribution is 7.80. The molecule has 1 saturated heterocycles. The van der Waals surface area contributed by atoms with Crippen molar-refractivity contribution in [3.63, 3.8) is 0 Å². The minimum Gasteiger partial charge on any atom is -0.508 e. The molecule has 4 rings (SSSR count). The second kappa shape index (κ2) is 6.13. The molecule has 5 heteroatoms. The van der Waals surface area contributed by atoms with Crippen LogP contribution in [0.3, 0.4) is 0 Å². The molecule has 27 heavy (non-hydrogen) atoms. The highest BCUT2D eigenvalue weighted by Gasteiger charge is 2.49. The first-order valence-electron chi connectivity index (χ1n) is 9.36. The fourth-order valence-electron chi connectivity index (χ4n) is 4.67. The SMILES string of the molecule is Cc1cccc([C@@H]2C[C@]3(CC(C)(C)NC(=S)N3)Oc3cc(O)cc(C)c32)c1. The molecule has 1 spiro atoms. The lowest BCUT2D eigenvalue weighted by Crippen LogP contribution is -2.69. The topological polar surface area (TPSA) is 53.5 Å². The molecule has 2 aliphatic heterocycles. The molecule has 142 valence electrons. The molecule has 0 amide bonds. The minimum absolute atomic E-state index is 0.165. The van der Waals surface area contributed by atoms with Crippen LogP contribution in [0.5, 0.6) is 11.5 Å². The number of aryl methyl sites for hydroxylation is 2. The van der Waals surface area contributed by atoms with Gasteiger partial charge in [0.15, 0.2) is 10.8 Å². The van der Waals surface area contributed by atoms with Gasteiger partial charge in [-0.25, -0.2) is 0 Å². The maximum Gasteiger partial charge on any atom is 0.185 e. The highest BCUT2D eigenvalue weighted by atomic mass is 32.1. The molecular formula is C22H26N2O2S. The Morgan fingerprint density at radius 2 is 1.93 bits per heavy atom. The third-order valence-electron chi connectivity index (χ3n) is 5.49. The Morgan fingerprint density at radius 1 is 1.15 bits per heavy atom. The molecule has 2 aromatic rings. The maximum absolute atomic E-state index is 10.2. The van der Waals surface area contributed by atoms with E-state index in [-0.39, 0.29) is 17.2 Å². The van der Waals surface area contributed by atoms with Crippen molar-refractivity contribution in [2.45, 2.75) is 57.7 Å². The molecule has 3 N–H and O–H groups in total. The van der Waals surface area contributed by atoms with E-state index in [2.05, 4.69) is 55.7 Å². The average molecular weight is 383 g/mol. The van der Waals surface area contributed by atoms with Gasteiger partial charge in [0.1, 0.15) is 11.5 Å². The number of ether oxygens (including phenoxy) is 1. The van der Waals surface area contributed by atoms with E-state index in [9.17, 15) is 5.11 Å². The minimum atomic E-state index is -0.604. The van der Waals surface area contributed by atoms with Crippen molar-refractivity contribution in [1.82, 2.24) is 10.6 Å². The Hall–Kier alpha value is -2.27. The first kappa shape index (κ1) is 18.1. The van der Waals surface area contributed by atoms with Crippen LogP contribution >= 0.6 is 12.2 Å². The van der Waals surface area contributed by atoms with Crippen LogP contribution in [0.4, 0.5) is 0 Å². The van der Waals surface area contributed by atoms with Gasteiger partial charge in [0.2, 0.25) is 0 Å². The van der Waals surface area contributed by atoms with E-state index in [0.717, 1.165) is 29.7 Å². The van der Waals surface area contributed by atoms with Crippen molar-refractivity contribution < 1.29 is 9.84 Å². The van der Waals surface area contributed by atoms with E-state index < -0.39 is 5.72 Å². The van der Waals surface area contributed by atoms with Crippen LogP contribution in [0, 0.1) is 13.8 Å². The average Bonchev–Trinajstić information content (AvgIpc) is 2.51. The van der Waals surface area contributed by atoms with Crippen molar-refractivity contribution in [3.05, 3.63) is 58.7 Å². The summed E-state index contributed by atoms with van der Waals surface area (Å²) in [7, 11) is 0. The summed E-state index contributed by atoms with van der Waals surface area (Å²) < 4.78 is 6.51. The summed E-state index contributed by atoms with van der Waals surface area (Å²) in [6, 6.07) is 12.2. The zero-order valence-corrected chi connectivity index (χ0v) is 17.0. The van der Waals surface area contributed by atoms with E-state index in [0.29, 0.717) is 5.11 Å². The van der Waals surface area contributed by atoms with Crippen LogP contribution in [-0.2, 0) is 0 Å². The number of phenolic OH excluding ortho intramolecular Hbond substituents is 1. The van der Waals surface area contributed by atoms with Crippen molar-refractivity contribution in [1.29, 1.82) is 0 Å². The normalized spacial score (nSPS) is 25.9. The van der Waals surface area contributed by atoms with Gasteiger partial charge < -0.3 is 20.5 Å². The van der Waals surface area contributed by atoms with Crippen LogP contribution in [-0.4, -0.2) is 21.5 Å². The van der Waals surface area contributed by atoms with Crippen LogP contribution in [0.2, 0.25) is 0 Å². The van der Waals surface area contributed by atoms with Gasteiger partial charge in [-0.1, -0.05) is 29.8 Å². The molecule has 0 aliphatic carbocycles. The summed E-state index contributed by atoms with van der Waals surface area (Å²) >= 11 is 5.48. The highest BCUT2D eigenvalue weighted by Crippen LogP contribution is 2.49. The molecule has 2 heterocycles. The van der Waals surface area contributed by atoms with Crippen molar-refractivity contribution in [3.8, 4) is 11.5 Å². The van der Waals surface area contributed by atoms with E-state index in [1.54, 1.807) is 6.07 Å². The summed E-state index contributed by atoms with van der Waals surface area (Å²) in [6.07, 6.45) is 1.54. The van der Waals surface area contributed by atoms with Gasteiger partial charge >= 0.3 is 0 Å². The van der Waals surface area contributed by atoms with E-state index in [1.165, 1.54) is 11.1 Å². The predicted octanol–water partition coefficient (Wildman–Crippen LogP) is 4.27. The standard InChI is InChI=1S/C22H26N2O2S/c1-13-6-5-7-15(8-13)17-11-22(12-21(3,4)23-20(27)24-22)26-18-10-16(25)9-14(2)19(17)18/h5-10,17,25H,11-12H2,1-4H3,(H2,23,24,27)/t17-,22+/m0/s1. The second-order valence-electron chi connectivity index (χ2n) is 8.58. The molecule has 1 fully saturated rings. The number of hydrogen-bond donors (Lipinski definition) is 3. The number of phenols is 1. The van der Waals surface area contributed by atoms with Crippen molar-refractivity contribution in [2.24, 2.45) is 0 Å². The molecule has 2 aromatic carbocycles. The monoisotopic (exact) mass is 382 g/mol. The van der Waals surface area contributed by atoms with E-state index >= 15 is 0 Å². The number of thiocarbonyl (C=S) groups is 1. The predicted molar refractivity (Wildman–Crippen MR) is 111 cm³/mol. The van der Waals surface area contributed by atoms with Crippen LogP contribution in [0.25, 0.3) is 0 Å². The van der Waals surface area contributed by atoms with E-state index in [1.807, 2.05) is 13.0 Å². The second-order valence-corrected chi connectivity index (χ2v) is 8.99. The summed E-state index contributed by atoms with van der Waals surface area (Å²) in [5.41, 5.74) is 3.91. The zero-order chi connectivity index (χ0) is 19.4. The van der Waals surface area contributed by atoms with Crippen LogP contribution < -0.4 is 15.4 Å². The molecular weight excluding hydrogens is 356 g/mol. The third kappa shape index (κ3) is 3.36. The van der Waals surface area contributed by atoms with Gasteiger partial charge in [0, 0.05) is 35.9 Å². The number of aromatic hydroxyl groups is 1. The van der Waals surface area contributed by atoms with Crippen LogP contribution in [0.1, 0.15) is 54.9 Å². The van der Waals surface area contributed by atoms with Crippen LogP contribution in [0.15, 0.2) is 36.4 Å². The Balaban J connectivity index is 1.87. The number of nitrogens with one attached hydrogen (secondary N) is 2. The molecule has 0 radical (unpaired) electrons. The quantitative estimate of drug-likeness (QED) is 0.643. The Morgan fingerprint density at radius 3 is 2.63 bits per heavy atom. The van der Waals surface area contributed by atoms with Gasteiger partial charge in [0.25, 0.3) is 0 Å². The molecule has 0 saturated carbocycles. The molecule has 0 unspecified atom stereocenters. The molecule has 2 atom stereocenters. The fraction of sp³-hybridized carbons (Fsp3) is 0.409. The number of benzene rings is 2. The Bertz CT molecular complexity index is 925. The molecule has 2 aliphatic rings. The molecule has 0 aromatic heterocycles. The number of rotatable bonds is 1. The van der Waals surface area contributed by atoms with Gasteiger partial charge in [-0.05, 0) is 57.1 Å². The van der Waals surface area contributed by atoms with Gasteiger partial charge in [-0.15, -0.1) is 0 Å². The number of hydrogen-bond acceptors (Lipinski definition) is 3. The van der Waals surface area contributed by atoms with Crippen molar-refractivity contribution in [2.75, 3.05) is 0 Å². The Labute approximate surface area is 165 Å². The summed E-state index contributed by atoms with van der Waals surface area (Å²) in [4.78, 5) is 0. The van der Waals surface area contributed by atoms with Crippen molar-refractivity contribution >= 4 is 17.3 Å². The molecule has 4 nitrogen and oxygen atoms in total. The Kier molecular flexibility index (Phi) is 4.11. The maximum atomic E-state index is 10.2. The first-order valence-corrected chi connectivity index (χ1v) is 9.77. The summed E-state index contributed by atoms with van der Waals surface area (Å²) in [5, 5.41) is 17.5. The smallest absolute Gasteiger partial charge is 0.185 e. The zero-order valence-electron chi connectivity index (χ0n) is 16.2. The van der Waals surface area contributed by atoms with Gasteiger partial charge in [-0.3, -0.25) is 0 Å². The molecule has 0 bridgehead atoms. The first-order chi connectivity index (χ1) is 12.7. The summed E-state index contributed by atoms with van der Waals surface area (Å²) in [5.74, 6) is 1.12. The lowest BCUT2D eigenvalue weighted by molar-refractivity contribution is -0.0130. The van der Waals surface area contributed by atoms with E-state index in [4.69, 9.17) is 17.0 Å². The lowest BCUT2D eigenvalue weighted by Gasteiger charge is -2.50. The number of fused-ring (bicyclic) bond motifs is 1. The van der Waals surface area contributed by atoms with Gasteiger partial charge in [-0.2, -0.15) is 0 Å². The fourth-order valence-corrected chi connectivity index (χ4v) is 5.13.